The Bertz CT molecular complexity index is 185. The number of carbonyl (C=O) groups is 2. The number of amides is 2. The van der Waals surface area contributed by atoms with Crippen molar-refractivity contribution in [3.63, 3.8) is 0 Å². The number of rotatable bonds is 7. The van der Waals surface area contributed by atoms with E-state index in [0.717, 1.165) is 0 Å². The van der Waals surface area contributed by atoms with Gasteiger partial charge in [-0.1, -0.05) is 0 Å². The van der Waals surface area contributed by atoms with E-state index in [-0.39, 0.29) is 31.3 Å². The SMILES string of the molecule is COCCNC(=O)CNC(=O)CCN. The van der Waals surface area contributed by atoms with Crippen LogP contribution in [0.25, 0.3) is 0 Å². The number of ether oxygens (including phenoxy) is 1. The molecule has 0 spiro atoms. The maximum Gasteiger partial charge on any atom is 0.239 e. The standard InChI is InChI=1S/C8H17N3O3/c1-14-5-4-10-8(13)6-11-7(12)2-3-9/h2-6,9H2,1H3,(H,10,13)(H,11,12). The fourth-order valence-corrected chi connectivity index (χ4v) is 0.753. The lowest BCUT2D eigenvalue weighted by molar-refractivity contribution is -0.126. The Labute approximate surface area is 83.2 Å². The summed E-state index contributed by atoms with van der Waals surface area (Å²) in [7, 11) is 1.55. The minimum Gasteiger partial charge on any atom is -0.383 e. The molecule has 14 heavy (non-hydrogen) atoms. The van der Waals surface area contributed by atoms with Crippen molar-refractivity contribution in [1.82, 2.24) is 10.6 Å². The first-order valence-corrected chi connectivity index (χ1v) is 4.43. The molecule has 0 heterocycles. The average molecular weight is 203 g/mol. The number of nitrogens with one attached hydrogen (secondary N) is 2. The molecule has 0 aromatic heterocycles. The zero-order valence-electron chi connectivity index (χ0n) is 8.34. The topological polar surface area (TPSA) is 93.5 Å². The highest BCUT2D eigenvalue weighted by atomic mass is 16.5. The molecule has 0 radical (unpaired) electrons. The lowest BCUT2D eigenvalue weighted by Gasteiger charge is -2.05. The van der Waals surface area contributed by atoms with Gasteiger partial charge in [-0.05, 0) is 0 Å². The highest BCUT2D eigenvalue weighted by molar-refractivity contribution is 5.84. The van der Waals surface area contributed by atoms with Crippen molar-refractivity contribution in [2.45, 2.75) is 6.42 Å². The number of nitrogens with two attached hydrogens (primary N) is 1. The third-order valence-corrected chi connectivity index (χ3v) is 1.45. The molecule has 0 saturated carbocycles. The normalized spacial score (nSPS) is 9.57. The molecule has 6 heteroatoms. The first kappa shape index (κ1) is 12.9. The lowest BCUT2D eigenvalue weighted by atomic mass is 10.4. The van der Waals surface area contributed by atoms with Crippen molar-refractivity contribution >= 4 is 11.8 Å². The summed E-state index contributed by atoms with van der Waals surface area (Å²) in [5, 5.41) is 5.01. The second kappa shape index (κ2) is 8.46. The van der Waals surface area contributed by atoms with Gasteiger partial charge < -0.3 is 21.1 Å². The van der Waals surface area contributed by atoms with E-state index in [2.05, 4.69) is 10.6 Å². The number of methoxy groups -OCH3 is 1. The molecule has 0 saturated heterocycles. The minimum absolute atomic E-state index is 0.0114. The maximum absolute atomic E-state index is 11.0. The van der Waals surface area contributed by atoms with E-state index in [1.807, 2.05) is 0 Å². The van der Waals surface area contributed by atoms with Crippen LogP contribution in [0.15, 0.2) is 0 Å². The van der Waals surface area contributed by atoms with Gasteiger partial charge in [0.25, 0.3) is 0 Å². The first-order valence-electron chi connectivity index (χ1n) is 4.43. The molecule has 0 unspecified atom stereocenters. The third-order valence-electron chi connectivity index (χ3n) is 1.45. The monoisotopic (exact) mass is 203 g/mol. The quantitative estimate of drug-likeness (QED) is 0.426. The van der Waals surface area contributed by atoms with Gasteiger partial charge >= 0.3 is 0 Å². The summed E-state index contributed by atoms with van der Waals surface area (Å²) >= 11 is 0. The summed E-state index contributed by atoms with van der Waals surface area (Å²) in [6, 6.07) is 0. The zero-order chi connectivity index (χ0) is 10.8. The molecule has 0 fully saturated rings. The van der Waals surface area contributed by atoms with Gasteiger partial charge in [0, 0.05) is 26.6 Å². The second-order valence-electron chi connectivity index (χ2n) is 2.66. The van der Waals surface area contributed by atoms with Crippen LogP contribution < -0.4 is 16.4 Å². The predicted molar refractivity (Wildman–Crippen MR) is 51.6 cm³/mol. The molecule has 0 aliphatic carbocycles. The van der Waals surface area contributed by atoms with E-state index < -0.39 is 0 Å². The molecule has 0 atom stereocenters. The Balaban J connectivity index is 3.39. The molecule has 0 aromatic rings. The van der Waals surface area contributed by atoms with Gasteiger partial charge in [-0.15, -0.1) is 0 Å². The van der Waals surface area contributed by atoms with Crippen LogP contribution in [-0.2, 0) is 14.3 Å². The Hall–Kier alpha value is -1.14. The summed E-state index contributed by atoms with van der Waals surface area (Å²) in [6.07, 6.45) is 0.241. The smallest absolute Gasteiger partial charge is 0.239 e. The molecule has 0 bridgehead atoms. The molecule has 82 valence electrons. The van der Waals surface area contributed by atoms with Gasteiger partial charge in [-0.2, -0.15) is 0 Å². The molecule has 0 aliphatic rings. The lowest BCUT2D eigenvalue weighted by Crippen LogP contribution is -2.38. The molecule has 0 aliphatic heterocycles. The molecule has 4 N–H and O–H groups in total. The summed E-state index contributed by atoms with van der Waals surface area (Å²) in [5.74, 6) is -0.443. The van der Waals surface area contributed by atoms with E-state index in [9.17, 15) is 9.59 Å². The van der Waals surface area contributed by atoms with Gasteiger partial charge in [0.05, 0.1) is 13.2 Å². The predicted octanol–water partition coefficient (Wildman–Crippen LogP) is -1.79. The van der Waals surface area contributed by atoms with Crippen molar-refractivity contribution in [2.24, 2.45) is 5.73 Å². The van der Waals surface area contributed by atoms with E-state index in [4.69, 9.17) is 10.5 Å². The highest BCUT2D eigenvalue weighted by Crippen LogP contribution is 1.74. The van der Waals surface area contributed by atoms with Crippen LogP contribution in [0, 0.1) is 0 Å². The van der Waals surface area contributed by atoms with E-state index >= 15 is 0 Å². The highest BCUT2D eigenvalue weighted by Gasteiger charge is 2.03. The first-order chi connectivity index (χ1) is 6.70. The summed E-state index contributed by atoms with van der Waals surface area (Å²) < 4.78 is 4.74. The van der Waals surface area contributed by atoms with Gasteiger partial charge in [0.2, 0.25) is 11.8 Å². The molecule has 0 aromatic carbocycles. The number of hydrogen-bond donors (Lipinski definition) is 3. The van der Waals surface area contributed by atoms with Crippen LogP contribution in [0.3, 0.4) is 0 Å². The second-order valence-corrected chi connectivity index (χ2v) is 2.66. The van der Waals surface area contributed by atoms with Crippen molar-refractivity contribution in [1.29, 1.82) is 0 Å². The van der Waals surface area contributed by atoms with Gasteiger partial charge in [0.15, 0.2) is 0 Å². The third kappa shape index (κ3) is 7.51. The Morgan fingerprint density at radius 2 is 2.00 bits per heavy atom. The summed E-state index contributed by atoms with van der Waals surface area (Å²) in [6.45, 7) is 1.18. The molecular formula is C8H17N3O3. The fraction of sp³-hybridized carbons (Fsp3) is 0.750. The van der Waals surface area contributed by atoms with Crippen LogP contribution >= 0.6 is 0 Å². The summed E-state index contributed by atoms with van der Waals surface area (Å²) in [4.78, 5) is 21.9. The Morgan fingerprint density at radius 1 is 1.29 bits per heavy atom. The van der Waals surface area contributed by atoms with Gasteiger partial charge in [-0.25, -0.2) is 0 Å². The van der Waals surface area contributed by atoms with Crippen LogP contribution in [-0.4, -0.2) is 45.2 Å². The summed E-state index contributed by atoms with van der Waals surface area (Å²) in [5.41, 5.74) is 5.16. The number of carbonyl (C=O) groups excluding carboxylic acids is 2. The van der Waals surface area contributed by atoms with Crippen LogP contribution in [0.2, 0.25) is 0 Å². The van der Waals surface area contributed by atoms with Crippen molar-refractivity contribution in [2.75, 3.05) is 33.4 Å². The van der Waals surface area contributed by atoms with Crippen molar-refractivity contribution < 1.29 is 14.3 Å². The van der Waals surface area contributed by atoms with E-state index in [1.54, 1.807) is 7.11 Å². The fourth-order valence-electron chi connectivity index (χ4n) is 0.753. The minimum atomic E-state index is -0.229. The molecule has 6 nitrogen and oxygen atoms in total. The maximum atomic E-state index is 11.0. The Morgan fingerprint density at radius 3 is 2.57 bits per heavy atom. The van der Waals surface area contributed by atoms with Gasteiger partial charge in [0.1, 0.15) is 0 Å². The van der Waals surface area contributed by atoms with Crippen molar-refractivity contribution in [3.05, 3.63) is 0 Å². The van der Waals surface area contributed by atoms with Gasteiger partial charge in [-0.3, -0.25) is 9.59 Å². The van der Waals surface area contributed by atoms with Crippen LogP contribution in [0.1, 0.15) is 6.42 Å². The van der Waals surface area contributed by atoms with E-state index in [1.165, 1.54) is 0 Å². The molecular weight excluding hydrogens is 186 g/mol. The van der Waals surface area contributed by atoms with E-state index in [0.29, 0.717) is 13.2 Å². The molecule has 0 rings (SSSR count). The van der Waals surface area contributed by atoms with Crippen LogP contribution in [0.5, 0.6) is 0 Å². The van der Waals surface area contributed by atoms with Crippen LogP contribution in [0.4, 0.5) is 0 Å². The largest absolute Gasteiger partial charge is 0.383 e. The molecule has 2 amide bonds. The average Bonchev–Trinajstić information content (AvgIpc) is 2.16. The Kier molecular flexibility index (Phi) is 7.77. The number of hydrogen-bond acceptors (Lipinski definition) is 4. The van der Waals surface area contributed by atoms with Crippen molar-refractivity contribution in [3.8, 4) is 0 Å². The zero-order valence-corrected chi connectivity index (χ0v) is 8.34.